The zero-order valence-electron chi connectivity index (χ0n) is 21.5. The molecule has 4 heterocycles. The number of carbonyl (C=O) groups excluding carboxylic acids is 1. The highest BCUT2D eigenvalue weighted by Gasteiger charge is 2.32. The van der Waals surface area contributed by atoms with Gasteiger partial charge >= 0.3 is 0 Å². The van der Waals surface area contributed by atoms with Gasteiger partial charge in [0.1, 0.15) is 35.4 Å². The van der Waals surface area contributed by atoms with Crippen molar-refractivity contribution >= 4 is 34.3 Å². The number of ether oxygens (including phenoxy) is 2. The summed E-state index contributed by atoms with van der Waals surface area (Å²) in [5, 5.41) is 10.5. The summed E-state index contributed by atoms with van der Waals surface area (Å²) in [4.78, 5) is 25.7. The average Bonchev–Trinajstić information content (AvgIpc) is 3.59. The number of benzene rings is 1. The summed E-state index contributed by atoms with van der Waals surface area (Å²) >= 11 is 0. The van der Waals surface area contributed by atoms with Gasteiger partial charge in [0.15, 0.2) is 17.2 Å². The number of hydrogen-bond donors (Lipinski definition) is 2. The van der Waals surface area contributed by atoms with Gasteiger partial charge in [0.25, 0.3) is 6.43 Å². The van der Waals surface area contributed by atoms with Crippen molar-refractivity contribution in [2.24, 2.45) is 5.92 Å². The summed E-state index contributed by atoms with van der Waals surface area (Å²) in [7, 11) is 1.53. The molecule has 0 radical (unpaired) electrons. The highest BCUT2D eigenvalue weighted by molar-refractivity contribution is 5.97. The number of alkyl halides is 2. The van der Waals surface area contributed by atoms with E-state index in [9.17, 15) is 13.6 Å². The van der Waals surface area contributed by atoms with E-state index in [0.29, 0.717) is 41.7 Å². The van der Waals surface area contributed by atoms with Crippen LogP contribution in [0.3, 0.4) is 0 Å². The number of aromatic nitrogens is 6. The Labute approximate surface area is 222 Å². The van der Waals surface area contributed by atoms with Crippen molar-refractivity contribution in [2.45, 2.75) is 51.7 Å². The Morgan fingerprint density at radius 1 is 1.18 bits per heavy atom. The van der Waals surface area contributed by atoms with Crippen LogP contribution in [0.1, 0.15) is 56.4 Å². The Morgan fingerprint density at radius 2 is 2.03 bits per heavy atom. The van der Waals surface area contributed by atoms with Gasteiger partial charge in [-0.1, -0.05) is 6.07 Å². The summed E-state index contributed by atoms with van der Waals surface area (Å²) < 4.78 is 43.1. The van der Waals surface area contributed by atoms with Gasteiger partial charge in [-0.25, -0.2) is 28.4 Å². The van der Waals surface area contributed by atoms with Gasteiger partial charge in [-0.2, -0.15) is 5.10 Å². The monoisotopic (exact) mass is 538 g/mol. The minimum absolute atomic E-state index is 0.0648. The zero-order valence-corrected chi connectivity index (χ0v) is 21.5. The first-order valence-corrected chi connectivity index (χ1v) is 12.9. The molecule has 11 nitrogen and oxygen atoms in total. The fraction of sp³-hybridized carbons (Fsp3) is 0.423. The van der Waals surface area contributed by atoms with Crippen LogP contribution in [0.5, 0.6) is 5.75 Å². The number of hydrogen-bond acceptors (Lipinski definition) is 8. The fourth-order valence-corrected chi connectivity index (χ4v) is 4.80. The first-order chi connectivity index (χ1) is 18.9. The maximum atomic E-state index is 14.3. The lowest BCUT2D eigenvalue weighted by atomic mass is 10.2. The van der Waals surface area contributed by atoms with E-state index in [1.165, 1.54) is 11.7 Å². The first-order valence-electron chi connectivity index (χ1n) is 12.9. The van der Waals surface area contributed by atoms with Gasteiger partial charge in [0.05, 0.1) is 18.5 Å². The van der Waals surface area contributed by atoms with Gasteiger partial charge in [-0.15, -0.1) is 0 Å². The number of methoxy groups -OCH3 is 1. The SMILES string of the molecule is COc1c(Nc2cc(NC(=O)C3CC3)nc3c2nc(C(F)F)n3C2CCCCO2)cccc1-n1cnc(C)n1. The Bertz CT molecular complexity index is 1530. The minimum atomic E-state index is -2.85. The van der Waals surface area contributed by atoms with Gasteiger partial charge in [0.2, 0.25) is 5.91 Å². The molecule has 1 saturated heterocycles. The predicted octanol–water partition coefficient (Wildman–Crippen LogP) is 5.06. The Balaban J connectivity index is 1.49. The van der Waals surface area contributed by atoms with E-state index in [2.05, 4.69) is 30.7 Å². The van der Waals surface area contributed by atoms with Crippen LogP contribution in [0, 0.1) is 12.8 Å². The lowest BCUT2D eigenvalue weighted by Crippen LogP contribution is -2.21. The highest BCUT2D eigenvalue weighted by atomic mass is 19.3. The number of imidazole rings is 1. The van der Waals surface area contributed by atoms with Crippen molar-refractivity contribution in [3.05, 3.63) is 42.2 Å². The number of amides is 1. The molecule has 2 aliphatic rings. The molecule has 3 aromatic heterocycles. The van der Waals surface area contributed by atoms with E-state index in [1.807, 2.05) is 12.1 Å². The Kier molecular flexibility index (Phi) is 6.59. The van der Waals surface area contributed by atoms with Crippen molar-refractivity contribution in [3.63, 3.8) is 0 Å². The largest absolute Gasteiger partial charge is 0.492 e. The van der Waals surface area contributed by atoms with Crippen LogP contribution in [-0.2, 0) is 9.53 Å². The maximum absolute atomic E-state index is 14.3. The van der Waals surface area contributed by atoms with Crippen LogP contribution in [0.4, 0.5) is 26.0 Å². The molecular formula is C26H28F2N8O3. The lowest BCUT2D eigenvalue weighted by Gasteiger charge is -2.25. The van der Waals surface area contributed by atoms with E-state index >= 15 is 0 Å². The number of pyridine rings is 1. The van der Waals surface area contributed by atoms with E-state index in [1.54, 1.807) is 30.1 Å². The highest BCUT2D eigenvalue weighted by Crippen LogP contribution is 2.39. The van der Waals surface area contributed by atoms with Crippen molar-refractivity contribution in [1.29, 1.82) is 0 Å². The van der Waals surface area contributed by atoms with Crippen molar-refractivity contribution in [1.82, 2.24) is 29.3 Å². The summed E-state index contributed by atoms with van der Waals surface area (Å²) in [5.41, 5.74) is 1.98. The molecule has 1 atom stereocenters. The number of para-hydroxylation sites is 1. The average molecular weight is 539 g/mol. The molecule has 1 aromatic carbocycles. The number of aryl methyl sites for hydroxylation is 1. The Hall–Kier alpha value is -4.13. The van der Waals surface area contributed by atoms with E-state index < -0.39 is 18.5 Å². The first kappa shape index (κ1) is 25.2. The third kappa shape index (κ3) is 4.89. The van der Waals surface area contributed by atoms with Gasteiger partial charge in [-0.05, 0) is 51.2 Å². The van der Waals surface area contributed by atoms with E-state index in [-0.39, 0.29) is 28.8 Å². The summed E-state index contributed by atoms with van der Waals surface area (Å²) in [6.07, 6.45) is 1.98. The molecule has 1 amide bonds. The van der Waals surface area contributed by atoms with Crippen LogP contribution >= 0.6 is 0 Å². The molecule has 204 valence electrons. The molecule has 2 fully saturated rings. The quantitative estimate of drug-likeness (QED) is 0.319. The van der Waals surface area contributed by atoms with E-state index in [4.69, 9.17) is 9.47 Å². The molecular weight excluding hydrogens is 510 g/mol. The smallest absolute Gasteiger partial charge is 0.295 e. The molecule has 6 rings (SSSR count). The van der Waals surface area contributed by atoms with Crippen molar-refractivity contribution < 1.29 is 23.0 Å². The lowest BCUT2D eigenvalue weighted by molar-refractivity contribution is -0.117. The van der Waals surface area contributed by atoms with Gasteiger partial charge < -0.3 is 20.1 Å². The predicted molar refractivity (Wildman–Crippen MR) is 139 cm³/mol. The topological polar surface area (TPSA) is 121 Å². The second-order valence-electron chi connectivity index (χ2n) is 9.67. The van der Waals surface area contributed by atoms with Crippen molar-refractivity contribution in [2.75, 3.05) is 24.4 Å². The maximum Gasteiger partial charge on any atom is 0.295 e. The normalized spacial score (nSPS) is 17.5. The molecule has 4 aromatic rings. The molecule has 1 aliphatic carbocycles. The summed E-state index contributed by atoms with van der Waals surface area (Å²) in [5.74, 6) is 0.643. The molecule has 0 bridgehead atoms. The van der Waals surface area contributed by atoms with Crippen LogP contribution in [0.25, 0.3) is 16.9 Å². The van der Waals surface area contributed by atoms with E-state index in [0.717, 1.165) is 25.7 Å². The number of nitrogens with zero attached hydrogens (tertiary/aromatic N) is 6. The van der Waals surface area contributed by atoms with Crippen LogP contribution in [0.2, 0.25) is 0 Å². The molecule has 39 heavy (non-hydrogen) atoms. The number of halogens is 2. The minimum Gasteiger partial charge on any atom is -0.492 e. The second kappa shape index (κ2) is 10.2. The number of nitrogens with one attached hydrogen (secondary N) is 2. The molecule has 13 heteroatoms. The van der Waals surface area contributed by atoms with Crippen LogP contribution < -0.4 is 15.4 Å². The van der Waals surface area contributed by atoms with Gasteiger partial charge in [0, 0.05) is 18.6 Å². The second-order valence-corrected chi connectivity index (χ2v) is 9.67. The number of rotatable bonds is 8. The van der Waals surface area contributed by atoms with Crippen LogP contribution in [-0.4, -0.2) is 48.9 Å². The number of fused-ring (bicyclic) bond motifs is 1. The van der Waals surface area contributed by atoms with Gasteiger partial charge in [-0.3, -0.25) is 9.36 Å². The standard InChI is InChI=1S/C26H28F2N8O3/c1-14-29-13-35(34-14)18-7-5-6-16(22(18)38-2)30-17-12-19(32-26(37)15-9-10-15)31-24-21(17)33-25(23(27)28)36(24)20-8-3-4-11-39-20/h5-7,12-13,15,20,23H,3-4,8-11H2,1-2H3,(H2,30,31,32,37). The number of anilines is 3. The Morgan fingerprint density at radius 3 is 2.69 bits per heavy atom. The summed E-state index contributed by atoms with van der Waals surface area (Å²) in [6, 6.07) is 7.02. The third-order valence-electron chi connectivity index (χ3n) is 6.83. The molecule has 1 aliphatic heterocycles. The zero-order chi connectivity index (χ0) is 27.1. The number of carbonyl (C=O) groups is 1. The van der Waals surface area contributed by atoms with Crippen molar-refractivity contribution in [3.8, 4) is 11.4 Å². The molecule has 1 saturated carbocycles. The fourth-order valence-electron chi connectivity index (χ4n) is 4.80. The summed E-state index contributed by atoms with van der Waals surface area (Å²) in [6.45, 7) is 2.24. The third-order valence-corrected chi connectivity index (χ3v) is 6.83. The molecule has 2 N–H and O–H groups in total. The molecule has 1 unspecified atom stereocenters. The van der Waals surface area contributed by atoms with Crippen LogP contribution in [0.15, 0.2) is 30.6 Å². The molecule has 0 spiro atoms.